The van der Waals surface area contributed by atoms with E-state index in [4.69, 9.17) is 5.73 Å². The monoisotopic (exact) mass is 280 g/mol. The van der Waals surface area contributed by atoms with Gasteiger partial charge >= 0.3 is 0 Å². The zero-order valence-electron chi connectivity index (χ0n) is 12.9. The predicted molar refractivity (Wildman–Crippen MR) is 84.0 cm³/mol. The second kappa shape index (κ2) is 9.89. The topological polar surface area (TPSA) is 29.3 Å². The highest BCUT2D eigenvalue weighted by atomic mass is 19.1. The molecule has 0 radical (unpaired) electrons. The van der Waals surface area contributed by atoms with Gasteiger partial charge in [-0.3, -0.25) is 0 Å². The van der Waals surface area contributed by atoms with E-state index >= 15 is 0 Å². The summed E-state index contributed by atoms with van der Waals surface area (Å²) in [5.41, 5.74) is 6.83. The maximum atomic E-state index is 12.8. The average molecular weight is 280 g/mol. The van der Waals surface area contributed by atoms with E-state index in [9.17, 15) is 4.39 Å². The van der Waals surface area contributed by atoms with Crippen LogP contribution in [0, 0.1) is 11.7 Å². The van der Waals surface area contributed by atoms with Crippen molar-refractivity contribution < 1.29 is 4.39 Å². The van der Waals surface area contributed by atoms with Crippen LogP contribution in [0.1, 0.15) is 44.6 Å². The fourth-order valence-corrected chi connectivity index (χ4v) is 2.71. The largest absolute Gasteiger partial charge is 0.330 e. The number of benzene rings is 1. The smallest absolute Gasteiger partial charge is 0.123 e. The van der Waals surface area contributed by atoms with Gasteiger partial charge in [0.25, 0.3) is 0 Å². The minimum Gasteiger partial charge on any atom is -0.330 e. The van der Waals surface area contributed by atoms with Gasteiger partial charge in [0.05, 0.1) is 0 Å². The Balaban J connectivity index is 2.24. The van der Waals surface area contributed by atoms with Crippen molar-refractivity contribution >= 4 is 0 Å². The molecule has 0 spiro atoms. The number of nitrogens with two attached hydrogens (primary N) is 1. The zero-order valence-corrected chi connectivity index (χ0v) is 12.9. The van der Waals surface area contributed by atoms with Gasteiger partial charge in [-0.1, -0.05) is 31.9 Å². The first-order valence-corrected chi connectivity index (χ1v) is 7.78. The first-order chi connectivity index (χ1) is 9.65. The van der Waals surface area contributed by atoms with Crippen LogP contribution in [0.3, 0.4) is 0 Å². The minimum absolute atomic E-state index is 0.166. The Morgan fingerprint density at radius 1 is 1.15 bits per heavy atom. The van der Waals surface area contributed by atoms with Crippen LogP contribution in [0.15, 0.2) is 24.3 Å². The molecular weight excluding hydrogens is 251 g/mol. The summed E-state index contributed by atoms with van der Waals surface area (Å²) in [6, 6.07) is 6.78. The van der Waals surface area contributed by atoms with Gasteiger partial charge in [-0.2, -0.15) is 0 Å². The van der Waals surface area contributed by atoms with Crippen molar-refractivity contribution in [2.24, 2.45) is 11.7 Å². The molecule has 0 aliphatic heterocycles. The fourth-order valence-electron chi connectivity index (χ4n) is 2.71. The van der Waals surface area contributed by atoms with E-state index < -0.39 is 0 Å². The molecule has 3 heteroatoms. The van der Waals surface area contributed by atoms with Crippen LogP contribution in [0.25, 0.3) is 0 Å². The SMILES string of the molecule is CCCC(CCN)CCCN(C)Cc1ccc(F)cc1. The van der Waals surface area contributed by atoms with Crippen molar-refractivity contribution in [2.75, 3.05) is 20.1 Å². The minimum atomic E-state index is -0.166. The van der Waals surface area contributed by atoms with Crippen molar-refractivity contribution in [3.05, 3.63) is 35.6 Å². The maximum absolute atomic E-state index is 12.8. The molecule has 0 aliphatic carbocycles. The summed E-state index contributed by atoms with van der Waals surface area (Å²) >= 11 is 0. The van der Waals surface area contributed by atoms with Gasteiger partial charge in [-0.15, -0.1) is 0 Å². The summed E-state index contributed by atoms with van der Waals surface area (Å²) in [5, 5.41) is 0. The molecule has 0 heterocycles. The third-order valence-corrected chi connectivity index (χ3v) is 3.79. The van der Waals surface area contributed by atoms with E-state index in [1.807, 2.05) is 12.1 Å². The first kappa shape index (κ1) is 17.1. The Labute approximate surface area is 123 Å². The van der Waals surface area contributed by atoms with Gasteiger partial charge in [0.2, 0.25) is 0 Å². The molecule has 0 fully saturated rings. The normalized spacial score (nSPS) is 12.8. The molecule has 0 amide bonds. The van der Waals surface area contributed by atoms with Crippen LogP contribution in [-0.2, 0) is 6.54 Å². The van der Waals surface area contributed by atoms with Gasteiger partial charge in [-0.25, -0.2) is 4.39 Å². The summed E-state index contributed by atoms with van der Waals surface area (Å²) in [5.74, 6) is 0.616. The van der Waals surface area contributed by atoms with Crippen LogP contribution in [0.4, 0.5) is 4.39 Å². The Bertz CT molecular complexity index is 345. The number of nitrogens with zero attached hydrogens (tertiary/aromatic N) is 1. The van der Waals surface area contributed by atoms with E-state index in [0.29, 0.717) is 0 Å². The van der Waals surface area contributed by atoms with Crippen molar-refractivity contribution in [1.82, 2.24) is 4.90 Å². The predicted octanol–water partition coefficient (Wildman–Crippen LogP) is 3.80. The standard InChI is InChI=1S/C17H29FN2/c1-3-5-15(11-12-19)6-4-13-20(2)14-16-7-9-17(18)10-8-16/h7-10,15H,3-6,11-14,19H2,1-2H3. The molecule has 1 unspecified atom stereocenters. The van der Waals surface area contributed by atoms with Crippen LogP contribution in [0.2, 0.25) is 0 Å². The van der Waals surface area contributed by atoms with Crippen LogP contribution in [-0.4, -0.2) is 25.0 Å². The van der Waals surface area contributed by atoms with E-state index in [1.165, 1.54) is 43.4 Å². The molecular formula is C17H29FN2. The van der Waals surface area contributed by atoms with E-state index in [-0.39, 0.29) is 5.82 Å². The number of halogens is 1. The Kier molecular flexibility index (Phi) is 8.47. The molecule has 2 N–H and O–H groups in total. The van der Waals surface area contributed by atoms with Crippen molar-refractivity contribution in [3.63, 3.8) is 0 Å². The van der Waals surface area contributed by atoms with Crippen molar-refractivity contribution in [2.45, 2.75) is 45.6 Å². The van der Waals surface area contributed by atoms with Gasteiger partial charge in [-0.05, 0) is 63.0 Å². The summed E-state index contributed by atoms with van der Waals surface area (Å²) in [6.07, 6.45) is 6.16. The average Bonchev–Trinajstić information content (AvgIpc) is 2.42. The lowest BCUT2D eigenvalue weighted by Crippen LogP contribution is -2.20. The first-order valence-electron chi connectivity index (χ1n) is 7.78. The molecule has 2 nitrogen and oxygen atoms in total. The molecule has 1 atom stereocenters. The third kappa shape index (κ3) is 7.01. The highest BCUT2D eigenvalue weighted by molar-refractivity contribution is 5.15. The molecule has 0 saturated carbocycles. The quantitative estimate of drug-likeness (QED) is 0.706. The van der Waals surface area contributed by atoms with Crippen LogP contribution < -0.4 is 5.73 Å². The van der Waals surface area contributed by atoms with Gasteiger partial charge in [0.15, 0.2) is 0 Å². The van der Waals surface area contributed by atoms with Gasteiger partial charge in [0.1, 0.15) is 5.82 Å². The molecule has 0 aromatic heterocycles. The molecule has 114 valence electrons. The molecule has 0 bridgehead atoms. The molecule has 1 aromatic rings. The van der Waals surface area contributed by atoms with E-state index in [2.05, 4.69) is 18.9 Å². The van der Waals surface area contributed by atoms with Gasteiger partial charge in [0, 0.05) is 6.54 Å². The second-order valence-corrected chi connectivity index (χ2v) is 5.74. The number of hydrogen-bond acceptors (Lipinski definition) is 2. The summed E-state index contributed by atoms with van der Waals surface area (Å²) in [6.45, 7) is 5.01. The van der Waals surface area contributed by atoms with Crippen LogP contribution in [0.5, 0.6) is 0 Å². The van der Waals surface area contributed by atoms with Gasteiger partial charge < -0.3 is 10.6 Å². The summed E-state index contributed by atoms with van der Waals surface area (Å²) < 4.78 is 12.8. The van der Waals surface area contributed by atoms with Crippen molar-refractivity contribution in [1.29, 1.82) is 0 Å². The Hall–Kier alpha value is -0.930. The summed E-state index contributed by atoms with van der Waals surface area (Å²) in [4.78, 5) is 2.30. The molecule has 1 rings (SSSR count). The maximum Gasteiger partial charge on any atom is 0.123 e. The molecule has 1 aromatic carbocycles. The lowest BCUT2D eigenvalue weighted by molar-refractivity contribution is 0.298. The summed E-state index contributed by atoms with van der Waals surface area (Å²) in [7, 11) is 2.13. The zero-order chi connectivity index (χ0) is 14.8. The number of rotatable bonds is 10. The van der Waals surface area contributed by atoms with Crippen LogP contribution >= 0.6 is 0 Å². The van der Waals surface area contributed by atoms with E-state index in [1.54, 1.807) is 0 Å². The lowest BCUT2D eigenvalue weighted by Gasteiger charge is -2.19. The Morgan fingerprint density at radius 3 is 2.45 bits per heavy atom. The Morgan fingerprint density at radius 2 is 1.85 bits per heavy atom. The molecule has 0 saturated heterocycles. The van der Waals surface area contributed by atoms with Crippen molar-refractivity contribution in [3.8, 4) is 0 Å². The lowest BCUT2D eigenvalue weighted by atomic mass is 9.94. The third-order valence-electron chi connectivity index (χ3n) is 3.79. The highest BCUT2D eigenvalue weighted by Gasteiger charge is 2.07. The fraction of sp³-hybridized carbons (Fsp3) is 0.647. The molecule has 20 heavy (non-hydrogen) atoms. The van der Waals surface area contributed by atoms with E-state index in [0.717, 1.165) is 32.0 Å². The highest BCUT2D eigenvalue weighted by Crippen LogP contribution is 2.17. The molecule has 0 aliphatic rings. The number of hydrogen-bond donors (Lipinski definition) is 1. The second-order valence-electron chi connectivity index (χ2n) is 5.74.